The summed E-state index contributed by atoms with van der Waals surface area (Å²) >= 11 is 0. The fraction of sp³-hybridized carbons (Fsp3) is 0.111. The van der Waals surface area contributed by atoms with Gasteiger partial charge < -0.3 is 9.88 Å². The highest BCUT2D eigenvalue weighted by atomic mass is 16.2. The second-order valence-corrected chi connectivity index (χ2v) is 8.17. The van der Waals surface area contributed by atoms with Crippen molar-refractivity contribution in [3.8, 4) is 0 Å². The molecule has 3 aromatic heterocycles. The maximum Gasteiger partial charge on any atom is 0.267 e. The third kappa shape index (κ3) is 3.88. The zero-order valence-corrected chi connectivity index (χ0v) is 18.6. The summed E-state index contributed by atoms with van der Waals surface area (Å²) in [5.74, 6) is -0.414. The first kappa shape index (κ1) is 21.3. The minimum absolute atomic E-state index is 0.00120. The molecule has 0 aliphatic heterocycles. The number of hydrogen-bond acceptors (Lipinski definition) is 4. The van der Waals surface area contributed by atoms with Crippen LogP contribution in [-0.2, 0) is 6.54 Å². The Morgan fingerprint density at radius 3 is 2.41 bits per heavy atom. The van der Waals surface area contributed by atoms with E-state index < -0.39 is 5.91 Å². The van der Waals surface area contributed by atoms with Gasteiger partial charge >= 0.3 is 0 Å². The van der Waals surface area contributed by atoms with Crippen LogP contribution < -0.4 is 16.4 Å². The Morgan fingerprint density at radius 2 is 1.68 bits per heavy atom. The van der Waals surface area contributed by atoms with Crippen molar-refractivity contribution in [1.29, 1.82) is 5.41 Å². The number of nitrogens with zero attached hydrogens (tertiary/aromatic N) is 3. The molecule has 0 aliphatic carbocycles. The normalized spacial score (nSPS) is 12.0. The van der Waals surface area contributed by atoms with Gasteiger partial charge in [0.25, 0.3) is 11.5 Å². The van der Waals surface area contributed by atoms with E-state index in [1.807, 2.05) is 73.7 Å². The molecule has 3 heterocycles. The molecule has 0 fully saturated rings. The van der Waals surface area contributed by atoms with Gasteiger partial charge in [-0.25, -0.2) is 4.98 Å². The van der Waals surface area contributed by atoms with Crippen molar-refractivity contribution in [3.63, 3.8) is 0 Å². The third-order valence-electron chi connectivity index (χ3n) is 5.89. The average molecular weight is 450 g/mol. The summed E-state index contributed by atoms with van der Waals surface area (Å²) in [5.41, 5.74) is 2.59. The molecule has 168 valence electrons. The van der Waals surface area contributed by atoms with Crippen LogP contribution in [0.5, 0.6) is 0 Å². The van der Waals surface area contributed by atoms with Gasteiger partial charge in [0, 0.05) is 6.20 Å². The molecule has 0 aliphatic rings. The maximum atomic E-state index is 13.3. The van der Waals surface area contributed by atoms with Gasteiger partial charge in [-0.2, -0.15) is 0 Å². The Labute approximate surface area is 195 Å². The number of carbonyl (C=O) groups excluding carboxylic acids is 1. The van der Waals surface area contributed by atoms with Crippen LogP contribution in [0.2, 0.25) is 0 Å². The van der Waals surface area contributed by atoms with Crippen molar-refractivity contribution < 1.29 is 4.79 Å². The van der Waals surface area contributed by atoms with Crippen LogP contribution >= 0.6 is 0 Å². The maximum absolute atomic E-state index is 13.3. The zero-order valence-electron chi connectivity index (χ0n) is 18.6. The molecule has 0 spiro atoms. The average Bonchev–Trinajstić information content (AvgIpc) is 2.87. The van der Waals surface area contributed by atoms with E-state index >= 15 is 0 Å². The van der Waals surface area contributed by atoms with E-state index in [4.69, 9.17) is 5.41 Å². The summed E-state index contributed by atoms with van der Waals surface area (Å²) in [6.45, 7) is 2.20. The van der Waals surface area contributed by atoms with Crippen molar-refractivity contribution in [2.75, 3.05) is 0 Å². The number of aromatic nitrogens is 3. The van der Waals surface area contributed by atoms with Crippen LogP contribution in [0.25, 0.3) is 16.7 Å². The minimum atomic E-state index is -0.414. The van der Waals surface area contributed by atoms with E-state index in [9.17, 15) is 9.59 Å². The lowest BCUT2D eigenvalue weighted by atomic mass is 10.1. The fourth-order valence-corrected chi connectivity index (χ4v) is 4.08. The molecular formula is C27H23N5O2. The van der Waals surface area contributed by atoms with Crippen LogP contribution in [0.1, 0.15) is 34.5 Å². The molecule has 1 atom stereocenters. The summed E-state index contributed by atoms with van der Waals surface area (Å²) in [5, 5.41) is 12.1. The summed E-state index contributed by atoms with van der Waals surface area (Å²) in [4.78, 5) is 31.3. The number of nitrogens with one attached hydrogen (secondary N) is 2. The second-order valence-electron chi connectivity index (χ2n) is 8.17. The molecule has 0 saturated heterocycles. The standard InChI is InChI=1S/C27H23N5O2/c1-18(20-12-6-3-7-13-20)29-26(33)21-16-22-25(30-23-14-8-9-15-31(23)27(22)34)32(24(21)28)17-19-10-4-2-5-11-19/h2-16,18,28H,17H2,1H3,(H,29,33)/t18-/m1/s1. The Balaban J connectivity index is 1.69. The molecule has 0 unspecified atom stereocenters. The Morgan fingerprint density at radius 1 is 1.00 bits per heavy atom. The molecule has 0 radical (unpaired) electrons. The van der Waals surface area contributed by atoms with Gasteiger partial charge in [-0.3, -0.25) is 19.4 Å². The molecular weight excluding hydrogens is 426 g/mol. The van der Waals surface area contributed by atoms with E-state index in [-0.39, 0.29) is 28.0 Å². The first-order valence-electron chi connectivity index (χ1n) is 11.0. The lowest BCUT2D eigenvalue weighted by Gasteiger charge is -2.17. The molecule has 1 amide bonds. The molecule has 2 aromatic carbocycles. The van der Waals surface area contributed by atoms with E-state index in [0.29, 0.717) is 17.8 Å². The van der Waals surface area contributed by atoms with Crippen molar-refractivity contribution in [2.24, 2.45) is 0 Å². The quantitative estimate of drug-likeness (QED) is 0.401. The summed E-state index contributed by atoms with van der Waals surface area (Å²) < 4.78 is 3.08. The Hall–Kier alpha value is -4.52. The van der Waals surface area contributed by atoms with Crippen LogP contribution in [0.15, 0.2) is 95.9 Å². The fourth-order valence-electron chi connectivity index (χ4n) is 4.08. The van der Waals surface area contributed by atoms with Gasteiger partial charge in [-0.1, -0.05) is 66.7 Å². The number of amides is 1. The molecule has 34 heavy (non-hydrogen) atoms. The predicted octanol–water partition coefficient (Wildman–Crippen LogP) is 3.67. The summed E-state index contributed by atoms with van der Waals surface area (Å²) in [6, 6.07) is 25.8. The van der Waals surface area contributed by atoms with Gasteiger partial charge in [-0.05, 0) is 36.2 Å². The SMILES string of the molecule is C[C@@H](NC(=O)c1cc2c(=O)n3ccccc3nc2n(Cc2ccccc2)c1=N)c1ccccc1. The molecule has 2 N–H and O–H groups in total. The number of hydrogen-bond donors (Lipinski definition) is 2. The molecule has 5 rings (SSSR count). The highest BCUT2D eigenvalue weighted by molar-refractivity contribution is 5.97. The number of carbonyl (C=O) groups is 1. The Bertz CT molecular complexity index is 1620. The van der Waals surface area contributed by atoms with Crippen molar-refractivity contribution >= 4 is 22.6 Å². The van der Waals surface area contributed by atoms with Crippen molar-refractivity contribution in [1.82, 2.24) is 19.3 Å². The van der Waals surface area contributed by atoms with Crippen molar-refractivity contribution in [3.05, 3.63) is 124 Å². The van der Waals surface area contributed by atoms with E-state index in [2.05, 4.69) is 10.3 Å². The summed E-state index contributed by atoms with van der Waals surface area (Å²) in [6.07, 6.45) is 1.65. The molecule has 7 nitrogen and oxygen atoms in total. The number of benzene rings is 2. The highest BCUT2D eigenvalue weighted by Crippen LogP contribution is 2.15. The van der Waals surface area contributed by atoms with Gasteiger partial charge in [0.05, 0.1) is 23.5 Å². The predicted molar refractivity (Wildman–Crippen MR) is 131 cm³/mol. The minimum Gasteiger partial charge on any atom is -0.345 e. The van der Waals surface area contributed by atoms with E-state index in [1.165, 1.54) is 10.5 Å². The largest absolute Gasteiger partial charge is 0.345 e. The van der Waals surface area contributed by atoms with Gasteiger partial charge in [0.2, 0.25) is 0 Å². The van der Waals surface area contributed by atoms with E-state index in [0.717, 1.165) is 11.1 Å². The number of fused-ring (bicyclic) bond motifs is 2. The lowest BCUT2D eigenvalue weighted by molar-refractivity contribution is 0.0937. The molecule has 5 aromatic rings. The van der Waals surface area contributed by atoms with Gasteiger partial charge in [0.15, 0.2) is 0 Å². The van der Waals surface area contributed by atoms with Crippen LogP contribution in [0, 0.1) is 5.41 Å². The van der Waals surface area contributed by atoms with Gasteiger partial charge in [0.1, 0.15) is 16.8 Å². The highest BCUT2D eigenvalue weighted by Gasteiger charge is 2.19. The number of rotatable bonds is 5. The first-order chi connectivity index (χ1) is 16.5. The van der Waals surface area contributed by atoms with Crippen molar-refractivity contribution in [2.45, 2.75) is 19.5 Å². The van der Waals surface area contributed by atoms with Crippen LogP contribution in [0.3, 0.4) is 0 Å². The third-order valence-corrected chi connectivity index (χ3v) is 5.89. The van der Waals surface area contributed by atoms with Crippen LogP contribution in [0.4, 0.5) is 0 Å². The number of pyridine rings is 2. The Kier molecular flexibility index (Phi) is 5.51. The molecule has 0 saturated carbocycles. The van der Waals surface area contributed by atoms with Crippen LogP contribution in [-0.4, -0.2) is 19.9 Å². The zero-order chi connectivity index (χ0) is 23.7. The second kappa shape index (κ2) is 8.78. The first-order valence-corrected chi connectivity index (χ1v) is 11.0. The molecule has 7 heteroatoms. The van der Waals surface area contributed by atoms with Gasteiger partial charge in [-0.15, -0.1) is 0 Å². The summed E-state index contributed by atoms with van der Waals surface area (Å²) in [7, 11) is 0. The van der Waals surface area contributed by atoms with E-state index in [1.54, 1.807) is 22.9 Å². The molecule has 0 bridgehead atoms. The smallest absolute Gasteiger partial charge is 0.267 e. The monoisotopic (exact) mass is 449 g/mol. The lowest BCUT2D eigenvalue weighted by Crippen LogP contribution is -2.36. The topological polar surface area (TPSA) is 92.2 Å².